The highest BCUT2D eigenvalue weighted by molar-refractivity contribution is 5.90. The van der Waals surface area contributed by atoms with Crippen LogP contribution >= 0.6 is 0 Å². The molecule has 5 N–H and O–H groups in total. The van der Waals surface area contributed by atoms with Gasteiger partial charge in [-0.2, -0.15) is 0 Å². The van der Waals surface area contributed by atoms with Gasteiger partial charge in [-0.15, -0.1) is 0 Å². The molecule has 20 heavy (non-hydrogen) atoms. The fourth-order valence-electron chi connectivity index (χ4n) is 2.36. The molecule has 114 valence electrons. The molecule has 1 aliphatic heterocycles. The van der Waals surface area contributed by atoms with Gasteiger partial charge in [0.15, 0.2) is 0 Å². The minimum Gasteiger partial charge on any atom is -0.480 e. The van der Waals surface area contributed by atoms with Gasteiger partial charge in [-0.05, 0) is 12.3 Å². The molecule has 0 radical (unpaired) electrons. The van der Waals surface area contributed by atoms with Crippen LogP contribution in [0.5, 0.6) is 0 Å². The number of β-amino-alcohol motifs (C(OH)–C–C–N with tert-alkyl or cyclic N) is 1. The van der Waals surface area contributed by atoms with Crippen LogP contribution in [0, 0.1) is 5.92 Å². The molecule has 0 aromatic rings. The number of carbonyl (C=O) groups excluding carboxylic acids is 2. The van der Waals surface area contributed by atoms with Crippen molar-refractivity contribution in [2.75, 3.05) is 6.54 Å². The summed E-state index contributed by atoms with van der Waals surface area (Å²) in [5.41, 5.74) is 5.04. The largest absolute Gasteiger partial charge is 0.480 e. The Hall–Kier alpha value is -1.83. The summed E-state index contributed by atoms with van der Waals surface area (Å²) in [6, 6.07) is -2.78. The zero-order valence-electron chi connectivity index (χ0n) is 11.6. The maximum absolute atomic E-state index is 12.4. The quantitative estimate of drug-likeness (QED) is 0.521. The highest BCUT2D eigenvalue weighted by Gasteiger charge is 2.41. The van der Waals surface area contributed by atoms with Gasteiger partial charge in [-0.3, -0.25) is 4.79 Å². The number of aliphatic carboxylic acids is 1. The summed E-state index contributed by atoms with van der Waals surface area (Å²) in [5.74, 6) is -1.58. The number of urea groups is 1. The Balaban J connectivity index is 2.86. The fraction of sp³-hybridized carbons (Fsp3) is 0.750. The van der Waals surface area contributed by atoms with Crippen LogP contribution in [-0.4, -0.2) is 57.8 Å². The van der Waals surface area contributed by atoms with E-state index in [-0.39, 0.29) is 18.9 Å². The molecule has 1 unspecified atom stereocenters. The molecular formula is C12H21N3O5. The van der Waals surface area contributed by atoms with Gasteiger partial charge in [-0.25, -0.2) is 9.59 Å². The van der Waals surface area contributed by atoms with Crippen LogP contribution in [-0.2, 0) is 9.59 Å². The number of nitrogens with two attached hydrogens (primary N) is 1. The highest BCUT2D eigenvalue weighted by Crippen LogP contribution is 2.20. The molecule has 0 aliphatic carbocycles. The van der Waals surface area contributed by atoms with Crippen molar-refractivity contribution in [3.63, 3.8) is 0 Å². The highest BCUT2D eigenvalue weighted by atomic mass is 16.4. The van der Waals surface area contributed by atoms with Gasteiger partial charge in [0.2, 0.25) is 5.91 Å². The number of nitrogens with zero attached hydrogens (tertiary/aromatic N) is 1. The molecule has 1 saturated heterocycles. The SMILES string of the molecule is CC(C)CC(NC(N)=O)C(=O)N1C[C@@H](O)C[C@H]1C(=O)O. The van der Waals surface area contributed by atoms with Crippen molar-refractivity contribution in [1.82, 2.24) is 10.2 Å². The van der Waals surface area contributed by atoms with Gasteiger partial charge in [0.05, 0.1) is 6.10 Å². The van der Waals surface area contributed by atoms with Crippen LogP contribution in [0.2, 0.25) is 0 Å². The number of nitrogens with one attached hydrogen (secondary N) is 1. The predicted molar refractivity (Wildman–Crippen MR) is 69.7 cm³/mol. The Bertz CT molecular complexity index is 399. The first-order chi connectivity index (χ1) is 9.22. The number of carbonyl (C=O) groups is 3. The van der Waals surface area contributed by atoms with Crippen LogP contribution < -0.4 is 11.1 Å². The first-order valence-corrected chi connectivity index (χ1v) is 6.49. The number of carboxylic acid groups (broad SMARTS) is 1. The van der Waals surface area contributed by atoms with E-state index < -0.39 is 36.1 Å². The summed E-state index contributed by atoms with van der Waals surface area (Å²) < 4.78 is 0. The van der Waals surface area contributed by atoms with Crippen LogP contribution in [0.4, 0.5) is 4.79 Å². The molecule has 1 heterocycles. The number of likely N-dealkylation sites (tertiary alicyclic amines) is 1. The normalized spacial score (nSPS) is 23.7. The fourth-order valence-corrected chi connectivity index (χ4v) is 2.36. The summed E-state index contributed by atoms with van der Waals surface area (Å²) in [4.78, 5) is 35.5. The predicted octanol–water partition coefficient (Wildman–Crippen LogP) is -0.884. The van der Waals surface area contributed by atoms with E-state index in [4.69, 9.17) is 10.8 Å². The standard InChI is InChI=1S/C12H21N3O5/c1-6(2)3-8(14-12(13)20)10(17)15-5-7(16)4-9(15)11(18)19/h6-9,16H,3-5H2,1-2H3,(H,18,19)(H3,13,14,20)/t7-,8?,9-/m0/s1. The number of carboxylic acids is 1. The molecule has 0 spiro atoms. The molecule has 8 nitrogen and oxygen atoms in total. The average Bonchev–Trinajstić information content (AvgIpc) is 2.68. The zero-order chi connectivity index (χ0) is 15.4. The average molecular weight is 287 g/mol. The monoisotopic (exact) mass is 287 g/mol. The maximum Gasteiger partial charge on any atom is 0.326 e. The van der Waals surface area contributed by atoms with Crippen LogP contribution in [0.15, 0.2) is 0 Å². The third-order valence-electron chi connectivity index (χ3n) is 3.17. The lowest BCUT2D eigenvalue weighted by Gasteiger charge is -2.27. The van der Waals surface area contributed by atoms with E-state index in [0.29, 0.717) is 6.42 Å². The summed E-state index contributed by atoms with van der Waals surface area (Å²) in [5, 5.41) is 21.0. The minimum atomic E-state index is -1.17. The van der Waals surface area contributed by atoms with Crippen molar-refractivity contribution in [3.8, 4) is 0 Å². The molecule has 8 heteroatoms. The number of rotatable bonds is 5. The van der Waals surface area contributed by atoms with E-state index in [9.17, 15) is 19.5 Å². The van der Waals surface area contributed by atoms with E-state index in [2.05, 4.69) is 5.32 Å². The van der Waals surface area contributed by atoms with E-state index in [1.807, 2.05) is 13.8 Å². The third-order valence-corrected chi connectivity index (χ3v) is 3.17. The molecule has 1 fully saturated rings. The molecular weight excluding hydrogens is 266 g/mol. The Kier molecular flexibility index (Phi) is 5.32. The summed E-state index contributed by atoms with van der Waals surface area (Å²) >= 11 is 0. The van der Waals surface area contributed by atoms with E-state index >= 15 is 0 Å². The Morgan fingerprint density at radius 1 is 1.40 bits per heavy atom. The lowest BCUT2D eigenvalue weighted by molar-refractivity contribution is -0.149. The number of hydrogen-bond acceptors (Lipinski definition) is 4. The first-order valence-electron chi connectivity index (χ1n) is 6.49. The second-order valence-corrected chi connectivity index (χ2v) is 5.42. The van der Waals surface area contributed by atoms with E-state index in [1.54, 1.807) is 0 Å². The molecule has 0 aromatic carbocycles. The molecule has 1 rings (SSSR count). The van der Waals surface area contributed by atoms with Crippen molar-refractivity contribution in [2.45, 2.75) is 44.9 Å². The second kappa shape index (κ2) is 6.56. The van der Waals surface area contributed by atoms with Crippen LogP contribution in [0.25, 0.3) is 0 Å². The molecule has 3 atom stereocenters. The second-order valence-electron chi connectivity index (χ2n) is 5.42. The van der Waals surface area contributed by atoms with Gasteiger partial charge >= 0.3 is 12.0 Å². The molecule has 0 saturated carbocycles. The van der Waals surface area contributed by atoms with Gasteiger partial charge in [0, 0.05) is 13.0 Å². The number of hydrogen-bond donors (Lipinski definition) is 4. The van der Waals surface area contributed by atoms with E-state index in [0.717, 1.165) is 4.90 Å². The number of aliphatic hydroxyl groups excluding tert-OH is 1. The van der Waals surface area contributed by atoms with Crippen molar-refractivity contribution < 1.29 is 24.6 Å². The number of primary amides is 1. The van der Waals surface area contributed by atoms with Gasteiger partial charge in [0.25, 0.3) is 0 Å². The Labute approximate surface area is 116 Å². The lowest BCUT2D eigenvalue weighted by Crippen LogP contribution is -2.53. The molecule has 1 aliphatic rings. The van der Waals surface area contributed by atoms with Crippen LogP contribution in [0.1, 0.15) is 26.7 Å². The topological polar surface area (TPSA) is 133 Å². The lowest BCUT2D eigenvalue weighted by atomic mass is 10.0. The van der Waals surface area contributed by atoms with E-state index in [1.165, 1.54) is 0 Å². The van der Waals surface area contributed by atoms with Crippen molar-refractivity contribution in [3.05, 3.63) is 0 Å². The number of amides is 3. The number of aliphatic hydroxyl groups is 1. The first kappa shape index (κ1) is 16.2. The van der Waals surface area contributed by atoms with Gasteiger partial charge in [-0.1, -0.05) is 13.8 Å². The molecule has 3 amide bonds. The third kappa shape index (κ3) is 4.09. The van der Waals surface area contributed by atoms with Crippen LogP contribution in [0.3, 0.4) is 0 Å². The summed E-state index contributed by atoms with van der Waals surface area (Å²) in [6.07, 6.45) is -0.527. The van der Waals surface area contributed by atoms with Crippen molar-refractivity contribution in [2.24, 2.45) is 11.7 Å². The van der Waals surface area contributed by atoms with Gasteiger partial charge < -0.3 is 26.2 Å². The molecule has 0 aromatic heterocycles. The summed E-state index contributed by atoms with van der Waals surface area (Å²) in [7, 11) is 0. The van der Waals surface area contributed by atoms with Crippen molar-refractivity contribution in [1.29, 1.82) is 0 Å². The summed E-state index contributed by atoms with van der Waals surface area (Å²) in [6.45, 7) is 3.69. The molecule has 0 bridgehead atoms. The Morgan fingerprint density at radius 3 is 2.45 bits per heavy atom. The Morgan fingerprint density at radius 2 is 2.00 bits per heavy atom. The van der Waals surface area contributed by atoms with Gasteiger partial charge in [0.1, 0.15) is 12.1 Å². The minimum absolute atomic E-state index is 0.00789. The smallest absolute Gasteiger partial charge is 0.326 e. The van der Waals surface area contributed by atoms with Crippen molar-refractivity contribution >= 4 is 17.9 Å². The maximum atomic E-state index is 12.4. The zero-order valence-corrected chi connectivity index (χ0v) is 11.6.